The van der Waals surface area contributed by atoms with Crippen molar-refractivity contribution >= 4 is 22.5 Å². The number of benzene rings is 2. The number of Topliss-reactive ketones (excluding diaryl/α,β-unsaturated/α-hetero) is 1. The molecule has 8 heteroatoms. The number of carbonyl (C=O) groups excluding carboxylic acids is 2. The topological polar surface area (TPSA) is 83.8 Å². The smallest absolute Gasteiger partial charge is 0.417 e. The lowest BCUT2D eigenvalue weighted by Crippen LogP contribution is -2.53. The molecule has 2 aromatic carbocycles. The fourth-order valence-corrected chi connectivity index (χ4v) is 5.57. The largest absolute Gasteiger partial charge is 0.508 e. The van der Waals surface area contributed by atoms with Gasteiger partial charge in [-0.2, -0.15) is 13.2 Å². The van der Waals surface area contributed by atoms with E-state index in [1.165, 1.54) is 12.1 Å². The third kappa shape index (κ3) is 3.19. The number of halogens is 3. The first-order valence-electron chi connectivity index (χ1n) is 10.1. The molecule has 5 nitrogen and oxygen atoms in total. The minimum atomic E-state index is -4.63. The van der Waals surface area contributed by atoms with Crippen molar-refractivity contribution in [2.75, 3.05) is 6.61 Å². The van der Waals surface area contributed by atoms with Crippen molar-refractivity contribution in [1.29, 1.82) is 0 Å². The summed E-state index contributed by atoms with van der Waals surface area (Å²) in [6.45, 7) is 2.33. The van der Waals surface area contributed by atoms with Crippen molar-refractivity contribution in [3.8, 4) is 5.75 Å². The molecular formula is C23H23F3O5. The fraction of sp³-hybridized carbons (Fsp3) is 0.478. The average Bonchev–Trinajstić information content (AvgIpc) is 2.96. The number of aliphatic hydroxyl groups is 1. The van der Waals surface area contributed by atoms with Gasteiger partial charge in [-0.15, -0.1) is 0 Å². The van der Waals surface area contributed by atoms with Gasteiger partial charge < -0.3 is 14.9 Å². The first-order chi connectivity index (χ1) is 14.4. The van der Waals surface area contributed by atoms with Gasteiger partial charge in [0.25, 0.3) is 0 Å². The number of esters is 1. The van der Waals surface area contributed by atoms with E-state index in [2.05, 4.69) is 0 Å². The normalized spacial score (nSPS) is 27.6. The van der Waals surface area contributed by atoms with Crippen LogP contribution in [0.4, 0.5) is 13.2 Å². The second-order valence-electron chi connectivity index (χ2n) is 8.79. The molecule has 0 unspecified atom stereocenters. The van der Waals surface area contributed by atoms with Gasteiger partial charge in [0.1, 0.15) is 11.4 Å². The Bertz CT molecular complexity index is 1090. The van der Waals surface area contributed by atoms with Crippen molar-refractivity contribution in [3.63, 3.8) is 0 Å². The molecule has 3 atom stereocenters. The standard InChI is InChI=1S/C23H23F3O5/c1-12(27)31-11-20(29)22(30)8-6-18-17-10-19(23(24,25)26)16-9-13(28)3-4-14(16)15(17)5-7-21(18,22)2/h3-4,9-10,18,28,30H,5-8,11H2,1-2H3/t18-,21-,22-/m0/s1. The van der Waals surface area contributed by atoms with Gasteiger partial charge in [-0.05, 0) is 71.7 Å². The molecule has 0 heterocycles. The molecule has 0 radical (unpaired) electrons. The van der Waals surface area contributed by atoms with Crippen molar-refractivity contribution < 1.29 is 37.7 Å². The van der Waals surface area contributed by atoms with Crippen molar-refractivity contribution in [2.24, 2.45) is 5.41 Å². The van der Waals surface area contributed by atoms with Crippen LogP contribution in [0.1, 0.15) is 55.7 Å². The Balaban J connectivity index is 1.85. The number of rotatable bonds is 3. The molecule has 2 N–H and O–H groups in total. The Morgan fingerprint density at radius 2 is 1.90 bits per heavy atom. The lowest BCUT2D eigenvalue weighted by atomic mass is 9.60. The van der Waals surface area contributed by atoms with Crippen LogP contribution in [0.15, 0.2) is 24.3 Å². The summed E-state index contributed by atoms with van der Waals surface area (Å²) in [6.07, 6.45) is -3.43. The number of fused-ring (bicyclic) bond motifs is 5. The third-order valence-corrected chi connectivity index (χ3v) is 7.22. The van der Waals surface area contributed by atoms with Crippen LogP contribution in [0.2, 0.25) is 0 Å². The number of alkyl halides is 3. The second kappa shape index (κ2) is 6.95. The fourth-order valence-electron chi connectivity index (χ4n) is 5.57. The van der Waals surface area contributed by atoms with E-state index in [1.807, 2.05) is 0 Å². The Labute approximate surface area is 176 Å². The van der Waals surface area contributed by atoms with Crippen molar-refractivity contribution in [2.45, 2.75) is 57.2 Å². The minimum absolute atomic E-state index is 0.0611. The summed E-state index contributed by atoms with van der Waals surface area (Å²) < 4.78 is 46.4. The van der Waals surface area contributed by atoms with Gasteiger partial charge in [0.2, 0.25) is 5.78 Å². The molecule has 0 saturated heterocycles. The van der Waals surface area contributed by atoms with Gasteiger partial charge in [0.15, 0.2) is 6.61 Å². The molecule has 0 aromatic heterocycles. The summed E-state index contributed by atoms with van der Waals surface area (Å²) in [5.74, 6) is -1.97. The van der Waals surface area contributed by atoms with E-state index in [-0.39, 0.29) is 17.6 Å². The summed E-state index contributed by atoms with van der Waals surface area (Å²) in [7, 11) is 0. The molecule has 166 valence electrons. The Kier molecular flexibility index (Phi) is 4.85. The Hall–Kier alpha value is -2.61. The zero-order valence-corrected chi connectivity index (χ0v) is 17.2. The maximum absolute atomic E-state index is 13.9. The predicted molar refractivity (Wildman–Crippen MR) is 106 cm³/mol. The van der Waals surface area contributed by atoms with E-state index >= 15 is 0 Å². The van der Waals surface area contributed by atoms with E-state index in [0.29, 0.717) is 30.2 Å². The summed E-state index contributed by atoms with van der Waals surface area (Å²) in [6, 6.07) is 5.10. The number of aromatic hydroxyl groups is 1. The van der Waals surface area contributed by atoms with E-state index in [9.17, 15) is 33.0 Å². The minimum Gasteiger partial charge on any atom is -0.508 e. The second-order valence-corrected chi connectivity index (χ2v) is 8.79. The van der Waals surface area contributed by atoms with Crippen LogP contribution in [-0.2, 0) is 26.9 Å². The van der Waals surface area contributed by atoms with Crippen LogP contribution in [0.3, 0.4) is 0 Å². The van der Waals surface area contributed by atoms with Gasteiger partial charge in [-0.3, -0.25) is 9.59 Å². The molecule has 2 aromatic rings. The highest BCUT2D eigenvalue weighted by atomic mass is 19.4. The zero-order valence-electron chi connectivity index (χ0n) is 17.2. The Morgan fingerprint density at radius 3 is 2.55 bits per heavy atom. The molecule has 31 heavy (non-hydrogen) atoms. The number of ketones is 1. The number of hydrogen-bond acceptors (Lipinski definition) is 5. The third-order valence-electron chi connectivity index (χ3n) is 7.22. The molecule has 0 amide bonds. The van der Waals surface area contributed by atoms with Gasteiger partial charge in [0.05, 0.1) is 5.56 Å². The van der Waals surface area contributed by atoms with Crippen LogP contribution in [-0.4, -0.2) is 34.2 Å². The van der Waals surface area contributed by atoms with E-state index in [4.69, 9.17) is 4.74 Å². The molecule has 0 bridgehead atoms. The number of phenolic OH excluding ortho intramolecular Hbond substituents is 1. The molecule has 2 aliphatic rings. The van der Waals surface area contributed by atoms with Crippen LogP contribution in [0.5, 0.6) is 5.75 Å². The summed E-state index contributed by atoms with van der Waals surface area (Å²) >= 11 is 0. The van der Waals surface area contributed by atoms with Crippen LogP contribution in [0, 0.1) is 5.41 Å². The average molecular weight is 436 g/mol. The Morgan fingerprint density at radius 1 is 1.19 bits per heavy atom. The highest BCUT2D eigenvalue weighted by Crippen LogP contribution is 2.62. The van der Waals surface area contributed by atoms with Gasteiger partial charge in [0, 0.05) is 12.3 Å². The van der Waals surface area contributed by atoms with Crippen molar-refractivity contribution in [1.82, 2.24) is 0 Å². The molecule has 1 saturated carbocycles. The van der Waals surface area contributed by atoms with E-state index < -0.39 is 47.0 Å². The maximum Gasteiger partial charge on any atom is 0.417 e. The summed E-state index contributed by atoms with van der Waals surface area (Å²) in [4.78, 5) is 23.9. The van der Waals surface area contributed by atoms with E-state index in [0.717, 1.165) is 24.6 Å². The first-order valence-corrected chi connectivity index (χ1v) is 10.1. The molecule has 4 rings (SSSR count). The molecule has 0 aliphatic heterocycles. The van der Waals surface area contributed by atoms with E-state index in [1.54, 1.807) is 6.92 Å². The summed E-state index contributed by atoms with van der Waals surface area (Å²) in [5.41, 5.74) is -2.38. The van der Waals surface area contributed by atoms with Gasteiger partial charge >= 0.3 is 12.1 Å². The van der Waals surface area contributed by atoms with Gasteiger partial charge in [-0.25, -0.2) is 0 Å². The lowest BCUT2D eigenvalue weighted by Gasteiger charge is -2.46. The predicted octanol–water partition coefficient (Wildman–Crippen LogP) is 4.26. The van der Waals surface area contributed by atoms with Crippen LogP contribution in [0.25, 0.3) is 10.8 Å². The molecule has 1 fully saturated rings. The van der Waals surface area contributed by atoms with Crippen LogP contribution < -0.4 is 0 Å². The number of aryl methyl sites for hydroxylation is 1. The highest BCUT2D eigenvalue weighted by Gasteiger charge is 2.62. The van der Waals surface area contributed by atoms with Gasteiger partial charge in [-0.1, -0.05) is 13.0 Å². The highest BCUT2D eigenvalue weighted by molar-refractivity contribution is 5.93. The number of ether oxygens (including phenoxy) is 1. The first kappa shape index (κ1) is 21.6. The molecule has 0 spiro atoms. The lowest BCUT2D eigenvalue weighted by molar-refractivity contribution is -0.161. The number of phenols is 1. The zero-order chi connectivity index (χ0) is 22.8. The number of carbonyl (C=O) groups is 2. The quantitative estimate of drug-likeness (QED) is 0.703. The monoisotopic (exact) mass is 436 g/mol. The molecule has 2 aliphatic carbocycles. The maximum atomic E-state index is 13.9. The summed E-state index contributed by atoms with van der Waals surface area (Å²) in [5, 5.41) is 21.5. The number of hydrogen-bond donors (Lipinski definition) is 2. The van der Waals surface area contributed by atoms with Crippen LogP contribution >= 0.6 is 0 Å². The SMILES string of the molecule is CC(=O)OCC(=O)[C@@]1(O)CC[C@H]2c3cc(C(F)(F)F)c4cc(O)ccc4c3CC[C@@]21C. The molecular weight excluding hydrogens is 413 g/mol. The van der Waals surface area contributed by atoms with Crippen molar-refractivity contribution in [3.05, 3.63) is 41.0 Å².